The van der Waals surface area contributed by atoms with Crippen molar-refractivity contribution in [3.8, 4) is 0 Å². The van der Waals surface area contributed by atoms with E-state index in [9.17, 15) is 24.5 Å². The number of hydrogen-bond donors (Lipinski definition) is 0. The molecule has 0 N–H and O–H groups in total. The number of imide groups is 1. The highest BCUT2D eigenvalue weighted by Crippen LogP contribution is 2.46. The highest BCUT2D eigenvalue weighted by molar-refractivity contribution is 6.24. The minimum atomic E-state index is -0.918. The molecule has 2 saturated heterocycles. The van der Waals surface area contributed by atoms with Crippen molar-refractivity contribution in [2.45, 2.75) is 12.1 Å². The third-order valence-corrected chi connectivity index (χ3v) is 5.94. The Morgan fingerprint density at radius 2 is 1.65 bits per heavy atom. The largest absolute Gasteiger partial charge is 0.292 e. The van der Waals surface area contributed by atoms with Crippen LogP contribution >= 0.6 is 0 Å². The molecule has 3 aliphatic rings. The molecule has 2 amide bonds. The molecule has 3 heterocycles. The summed E-state index contributed by atoms with van der Waals surface area (Å²) in [6.07, 6.45) is 5.00. The number of hydrogen-bond acceptors (Lipinski definition) is 7. The predicted octanol–water partition coefficient (Wildman–Crippen LogP) is 2.19. The molecule has 4 atom stereocenters. The molecule has 0 unspecified atom stereocenters. The molecule has 0 aromatic heterocycles. The van der Waals surface area contributed by atoms with Gasteiger partial charge in [0.15, 0.2) is 5.78 Å². The van der Waals surface area contributed by atoms with Gasteiger partial charge < -0.3 is 0 Å². The molecule has 31 heavy (non-hydrogen) atoms. The fourth-order valence-electron chi connectivity index (χ4n) is 4.59. The normalized spacial score (nSPS) is 26.2. The van der Waals surface area contributed by atoms with E-state index in [1.54, 1.807) is 47.5 Å². The summed E-state index contributed by atoms with van der Waals surface area (Å²) in [6, 6.07) is 12.4. The molecule has 0 saturated carbocycles. The first kappa shape index (κ1) is 18.9. The summed E-state index contributed by atoms with van der Waals surface area (Å²) in [5.41, 5.74) is 0.539. The van der Waals surface area contributed by atoms with E-state index in [-0.39, 0.29) is 17.2 Å². The molecule has 9 nitrogen and oxygen atoms in total. The maximum absolute atomic E-state index is 13.4. The summed E-state index contributed by atoms with van der Waals surface area (Å²) in [6.45, 7) is 0. The van der Waals surface area contributed by atoms with Gasteiger partial charge in [-0.3, -0.25) is 29.5 Å². The fraction of sp³-hybridized carbons (Fsp3) is 0.182. The van der Waals surface area contributed by atoms with E-state index < -0.39 is 40.7 Å². The second kappa shape index (κ2) is 6.98. The number of fused-ring (bicyclic) bond motifs is 3. The van der Waals surface area contributed by atoms with Crippen molar-refractivity contribution in [1.29, 1.82) is 0 Å². The second-order valence-corrected chi connectivity index (χ2v) is 7.53. The van der Waals surface area contributed by atoms with Crippen LogP contribution in [0.1, 0.15) is 10.4 Å². The smallest absolute Gasteiger partial charge is 0.269 e. The monoisotopic (exact) mass is 416 g/mol. The summed E-state index contributed by atoms with van der Waals surface area (Å²) in [5.74, 6) is -2.90. The number of nitro groups is 1. The van der Waals surface area contributed by atoms with Gasteiger partial charge in [-0.05, 0) is 18.2 Å². The molecule has 2 aromatic rings. The zero-order chi connectivity index (χ0) is 21.7. The van der Waals surface area contributed by atoms with Gasteiger partial charge in [-0.15, -0.1) is 0 Å². The van der Waals surface area contributed by atoms with E-state index in [0.29, 0.717) is 5.56 Å². The first-order valence-corrected chi connectivity index (χ1v) is 9.69. The molecule has 3 aliphatic heterocycles. The van der Waals surface area contributed by atoms with Crippen LogP contribution in [0.4, 0.5) is 11.4 Å². The number of non-ortho nitro benzene ring substituents is 1. The first-order chi connectivity index (χ1) is 15.0. The molecule has 9 heteroatoms. The van der Waals surface area contributed by atoms with Gasteiger partial charge in [-0.1, -0.05) is 36.4 Å². The number of Topliss-reactive ketones (excluding diaryl/α,β-unsaturated/α-hetero) is 1. The van der Waals surface area contributed by atoms with Crippen molar-refractivity contribution >= 4 is 35.2 Å². The van der Waals surface area contributed by atoms with Crippen molar-refractivity contribution < 1.29 is 19.3 Å². The van der Waals surface area contributed by atoms with Crippen molar-refractivity contribution in [3.05, 3.63) is 82.4 Å². The lowest BCUT2D eigenvalue weighted by Crippen LogP contribution is -2.46. The average Bonchev–Trinajstić information content (AvgIpc) is 3.27. The van der Waals surface area contributed by atoms with Crippen LogP contribution in [-0.4, -0.2) is 45.8 Å². The summed E-state index contributed by atoms with van der Waals surface area (Å²) in [7, 11) is 0. The van der Waals surface area contributed by atoms with E-state index in [1.807, 2.05) is 0 Å². The Kier molecular flexibility index (Phi) is 4.25. The Morgan fingerprint density at radius 1 is 0.968 bits per heavy atom. The Hall–Kier alpha value is -4.14. The second-order valence-electron chi connectivity index (χ2n) is 7.53. The summed E-state index contributed by atoms with van der Waals surface area (Å²) in [4.78, 5) is 51.5. The molecular weight excluding hydrogens is 400 g/mol. The van der Waals surface area contributed by atoms with Crippen LogP contribution in [0.3, 0.4) is 0 Å². The molecule has 0 aliphatic carbocycles. The van der Waals surface area contributed by atoms with Gasteiger partial charge in [0.2, 0.25) is 11.8 Å². The van der Waals surface area contributed by atoms with Gasteiger partial charge in [0.1, 0.15) is 6.04 Å². The zero-order valence-corrected chi connectivity index (χ0v) is 16.1. The molecule has 154 valence electrons. The van der Waals surface area contributed by atoms with Crippen LogP contribution in [0.15, 0.2) is 71.9 Å². The molecule has 0 radical (unpaired) electrons. The van der Waals surface area contributed by atoms with Gasteiger partial charge in [0.05, 0.1) is 28.5 Å². The van der Waals surface area contributed by atoms with Gasteiger partial charge in [-0.2, -0.15) is 5.10 Å². The number of allylic oxidation sites excluding steroid dienone is 1. The van der Waals surface area contributed by atoms with E-state index in [0.717, 1.165) is 4.90 Å². The van der Waals surface area contributed by atoms with Crippen LogP contribution in [0, 0.1) is 22.0 Å². The number of rotatable bonds is 4. The number of carbonyl (C=O) groups is 3. The maximum Gasteiger partial charge on any atom is 0.269 e. The quantitative estimate of drug-likeness (QED) is 0.327. The van der Waals surface area contributed by atoms with Crippen LogP contribution in [0.2, 0.25) is 0 Å². The number of nitrogens with zero attached hydrogens (tertiary/aromatic N) is 4. The number of anilines is 1. The van der Waals surface area contributed by atoms with E-state index in [1.165, 1.54) is 30.5 Å². The van der Waals surface area contributed by atoms with Crippen molar-refractivity contribution in [2.24, 2.45) is 16.9 Å². The fourth-order valence-corrected chi connectivity index (χ4v) is 4.59. The number of carbonyl (C=O) groups excluding carboxylic acids is 3. The third-order valence-electron chi connectivity index (χ3n) is 5.94. The lowest BCUT2D eigenvalue weighted by atomic mass is 9.86. The molecule has 5 rings (SSSR count). The Bertz CT molecular complexity index is 1160. The Balaban J connectivity index is 1.55. The van der Waals surface area contributed by atoms with Gasteiger partial charge in [0.25, 0.3) is 5.69 Å². The van der Waals surface area contributed by atoms with Crippen molar-refractivity contribution in [2.75, 3.05) is 4.90 Å². The SMILES string of the molecule is O=C(c1ccccc1)[C@H]1[C@H]2C(=O)N(c3ccc([N+](=O)[O-])cc3)C(=O)[C@H]2[C@@H]2C=CC=NN21. The minimum Gasteiger partial charge on any atom is -0.292 e. The number of nitro benzene ring substituents is 1. The highest BCUT2D eigenvalue weighted by atomic mass is 16.6. The molecule has 2 fully saturated rings. The van der Waals surface area contributed by atoms with Crippen molar-refractivity contribution in [1.82, 2.24) is 5.01 Å². The van der Waals surface area contributed by atoms with E-state index >= 15 is 0 Å². The van der Waals surface area contributed by atoms with E-state index in [2.05, 4.69) is 5.10 Å². The number of amides is 2. The molecule has 0 bridgehead atoms. The average molecular weight is 416 g/mol. The molecule has 2 aromatic carbocycles. The van der Waals surface area contributed by atoms with Crippen LogP contribution in [-0.2, 0) is 9.59 Å². The third kappa shape index (κ3) is 2.77. The topological polar surface area (TPSA) is 113 Å². The van der Waals surface area contributed by atoms with Crippen molar-refractivity contribution in [3.63, 3.8) is 0 Å². The maximum atomic E-state index is 13.4. The standard InChI is InChI=1S/C22H16N4O5/c27-20(13-5-2-1-3-6-13)19-18-17(16-7-4-12-23-25(16)19)21(28)24(22(18)29)14-8-10-15(11-9-14)26(30)31/h1-12,16-19H/t16-,17-,18-,19+/m0/s1. The van der Waals surface area contributed by atoms with Crippen LogP contribution in [0.5, 0.6) is 0 Å². The van der Waals surface area contributed by atoms with Crippen LogP contribution in [0.25, 0.3) is 0 Å². The van der Waals surface area contributed by atoms with E-state index in [4.69, 9.17) is 0 Å². The number of hydrazone groups is 1. The lowest BCUT2D eigenvalue weighted by molar-refractivity contribution is -0.384. The highest BCUT2D eigenvalue weighted by Gasteiger charge is 2.64. The molecular formula is C22H16N4O5. The Morgan fingerprint density at radius 3 is 2.32 bits per heavy atom. The summed E-state index contributed by atoms with van der Waals surface area (Å²) >= 11 is 0. The number of ketones is 1. The van der Waals surface area contributed by atoms with Gasteiger partial charge in [0, 0.05) is 23.9 Å². The summed E-state index contributed by atoms with van der Waals surface area (Å²) in [5, 5.41) is 16.8. The first-order valence-electron chi connectivity index (χ1n) is 9.69. The van der Waals surface area contributed by atoms with Gasteiger partial charge >= 0.3 is 0 Å². The molecule has 0 spiro atoms. The van der Waals surface area contributed by atoms with Gasteiger partial charge in [-0.25, -0.2) is 4.90 Å². The lowest BCUT2D eigenvalue weighted by Gasteiger charge is -2.30. The predicted molar refractivity (Wildman–Crippen MR) is 110 cm³/mol. The number of benzene rings is 2. The summed E-state index contributed by atoms with van der Waals surface area (Å²) < 4.78 is 0. The van der Waals surface area contributed by atoms with Crippen LogP contribution < -0.4 is 4.90 Å². The zero-order valence-electron chi connectivity index (χ0n) is 16.1. The minimum absolute atomic E-state index is 0.143. The Labute approximate surface area is 176 Å².